The number of hydrogen-bond donors (Lipinski definition) is 1. The van der Waals surface area contributed by atoms with E-state index in [4.69, 9.17) is 5.73 Å². The Balaban J connectivity index is 2.05. The van der Waals surface area contributed by atoms with Crippen LogP contribution in [0.3, 0.4) is 0 Å². The van der Waals surface area contributed by atoms with Crippen LogP contribution in [0, 0.1) is 0 Å². The average Bonchev–Trinajstić information content (AvgIpc) is 2.49. The van der Waals surface area contributed by atoms with E-state index in [0.29, 0.717) is 12.1 Å². The lowest BCUT2D eigenvalue weighted by molar-refractivity contribution is 0.0785. The van der Waals surface area contributed by atoms with Gasteiger partial charge in [-0.3, -0.25) is 4.79 Å². The summed E-state index contributed by atoms with van der Waals surface area (Å²) in [5.74, 6) is 0.0227. The lowest BCUT2D eigenvalue weighted by atomic mass is 10.1. The first-order valence-corrected chi connectivity index (χ1v) is 7.56. The Labute approximate surface area is 123 Å². The van der Waals surface area contributed by atoms with Gasteiger partial charge >= 0.3 is 0 Å². The first-order chi connectivity index (χ1) is 9.60. The van der Waals surface area contributed by atoms with Gasteiger partial charge in [-0.25, -0.2) is 0 Å². The van der Waals surface area contributed by atoms with Crippen LogP contribution in [0.4, 0.5) is 5.69 Å². The fraction of sp³-hybridized carbons (Fsp3) is 0.188. The Morgan fingerprint density at radius 2 is 1.70 bits per heavy atom. The molecule has 0 aliphatic heterocycles. The molecule has 2 aromatic rings. The zero-order chi connectivity index (χ0) is 14.5. The average molecular weight is 286 g/mol. The first kappa shape index (κ1) is 14.5. The van der Waals surface area contributed by atoms with Crippen LogP contribution < -0.4 is 5.73 Å². The predicted octanol–water partition coefficient (Wildman–Crippen LogP) is 3.26. The van der Waals surface area contributed by atoms with Crippen molar-refractivity contribution in [1.29, 1.82) is 0 Å². The Morgan fingerprint density at radius 3 is 2.25 bits per heavy atom. The molecule has 0 bridgehead atoms. The van der Waals surface area contributed by atoms with Crippen LogP contribution in [0.5, 0.6) is 0 Å². The number of benzene rings is 2. The maximum Gasteiger partial charge on any atom is 0.253 e. The topological polar surface area (TPSA) is 46.3 Å². The quantitative estimate of drug-likeness (QED) is 0.693. The number of carbonyl (C=O) groups excluding carboxylic acids is 1. The fourth-order valence-corrected chi connectivity index (χ4v) is 2.33. The molecule has 0 fully saturated rings. The second-order valence-corrected chi connectivity index (χ2v) is 5.51. The van der Waals surface area contributed by atoms with Crippen LogP contribution in [0.15, 0.2) is 53.4 Å². The summed E-state index contributed by atoms with van der Waals surface area (Å²) in [5, 5.41) is 0. The molecule has 0 unspecified atom stereocenters. The largest absolute Gasteiger partial charge is 0.399 e. The standard InChI is InChI=1S/C16H18N2OS/c1-18(11-12-3-7-14(17)8-4-12)16(19)13-5-9-15(20-2)10-6-13/h3-10H,11,17H2,1-2H3. The van der Waals surface area contributed by atoms with Gasteiger partial charge in [-0.1, -0.05) is 12.1 Å². The Hall–Kier alpha value is -1.94. The Bertz CT molecular complexity index is 578. The van der Waals surface area contributed by atoms with E-state index >= 15 is 0 Å². The molecule has 20 heavy (non-hydrogen) atoms. The summed E-state index contributed by atoms with van der Waals surface area (Å²) in [4.78, 5) is 15.2. The van der Waals surface area contributed by atoms with Gasteiger partial charge in [0.15, 0.2) is 0 Å². The van der Waals surface area contributed by atoms with Crippen molar-refractivity contribution in [3.8, 4) is 0 Å². The van der Waals surface area contributed by atoms with E-state index in [2.05, 4.69) is 0 Å². The SMILES string of the molecule is CSc1ccc(C(=O)N(C)Cc2ccc(N)cc2)cc1. The highest BCUT2D eigenvalue weighted by atomic mass is 32.2. The molecule has 4 heteroatoms. The summed E-state index contributed by atoms with van der Waals surface area (Å²) in [5.41, 5.74) is 8.16. The summed E-state index contributed by atoms with van der Waals surface area (Å²) in [7, 11) is 1.81. The third kappa shape index (κ3) is 3.54. The lowest BCUT2D eigenvalue weighted by Gasteiger charge is -2.17. The van der Waals surface area contributed by atoms with Gasteiger partial charge in [0.2, 0.25) is 0 Å². The molecule has 0 heterocycles. The van der Waals surface area contributed by atoms with Crippen LogP contribution >= 0.6 is 11.8 Å². The molecule has 0 saturated carbocycles. The van der Waals surface area contributed by atoms with Crippen LogP contribution in [0.1, 0.15) is 15.9 Å². The number of hydrogen-bond acceptors (Lipinski definition) is 3. The zero-order valence-corrected chi connectivity index (χ0v) is 12.5. The van der Waals surface area contributed by atoms with Crippen LogP contribution in [-0.4, -0.2) is 24.1 Å². The van der Waals surface area contributed by atoms with Gasteiger partial charge < -0.3 is 10.6 Å². The summed E-state index contributed by atoms with van der Waals surface area (Å²) in [6, 6.07) is 15.2. The molecule has 0 radical (unpaired) electrons. The van der Waals surface area contributed by atoms with Crippen LogP contribution in [0.2, 0.25) is 0 Å². The van der Waals surface area contributed by atoms with Gasteiger partial charge in [-0.2, -0.15) is 0 Å². The van der Waals surface area contributed by atoms with Gasteiger partial charge in [0.05, 0.1) is 0 Å². The second-order valence-electron chi connectivity index (χ2n) is 4.63. The highest BCUT2D eigenvalue weighted by molar-refractivity contribution is 7.98. The molecule has 0 spiro atoms. The number of nitrogens with two attached hydrogens (primary N) is 1. The minimum atomic E-state index is 0.0227. The number of nitrogen functional groups attached to an aromatic ring is 1. The van der Waals surface area contributed by atoms with Crippen molar-refractivity contribution in [3.05, 3.63) is 59.7 Å². The second kappa shape index (κ2) is 6.48. The smallest absolute Gasteiger partial charge is 0.253 e. The molecule has 104 valence electrons. The molecule has 3 nitrogen and oxygen atoms in total. The lowest BCUT2D eigenvalue weighted by Crippen LogP contribution is -2.26. The summed E-state index contributed by atoms with van der Waals surface area (Å²) in [6.07, 6.45) is 2.02. The Kier molecular flexibility index (Phi) is 4.69. The van der Waals surface area contributed by atoms with Crippen LogP contribution in [0.25, 0.3) is 0 Å². The van der Waals surface area contributed by atoms with E-state index < -0.39 is 0 Å². The van der Waals surface area contributed by atoms with Gasteiger partial charge in [-0.15, -0.1) is 11.8 Å². The van der Waals surface area contributed by atoms with Crippen molar-refractivity contribution >= 4 is 23.4 Å². The van der Waals surface area contributed by atoms with E-state index in [1.54, 1.807) is 23.7 Å². The normalized spacial score (nSPS) is 10.3. The molecule has 0 atom stereocenters. The fourth-order valence-electron chi connectivity index (χ4n) is 1.92. The third-order valence-electron chi connectivity index (χ3n) is 3.08. The van der Waals surface area contributed by atoms with Gasteiger partial charge in [0.1, 0.15) is 0 Å². The molecule has 2 rings (SSSR count). The minimum Gasteiger partial charge on any atom is -0.399 e. The maximum atomic E-state index is 12.3. The third-order valence-corrected chi connectivity index (χ3v) is 3.83. The molecule has 0 aromatic heterocycles. The molecule has 2 aromatic carbocycles. The van der Waals surface area contributed by atoms with Crippen LogP contribution in [-0.2, 0) is 6.54 Å². The maximum absolute atomic E-state index is 12.3. The van der Waals surface area contributed by atoms with Crippen molar-refractivity contribution in [3.63, 3.8) is 0 Å². The van der Waals surface area contributed by atoms with Crippen molar-refractivity contribution in [2.45, 2.75) is 11.4 Å². The molecule has 1 amide bonds. The van der Waals surface area contributed by atoms with Crippen molar-refractivity contribution < 1.29 is 4.79 Å². The molecular formula is C16H18N2OS. The number of nitrogens with zero attached hydrogens (tertiary/aromatic N) is 1. The van der Waals surface area contributed by atoms with Gasteiger partial charge in [0, 0.05) is 29.7 Å². The number of rotatable bonds is 4. The monoisotopic (exact) mass is 286 g/mol. The van der Waals surface area contributed by atoms with E-state index in [1.165, 1.54) is 0 Å². The van der Waals surface area contributed by atoms with Gasteiger partial charge in [-0.05, 0) is 48.2 Å². The summed E-state index contributed by atoms with van der Waals surface area (Å²) >= 11 is 1.66. The van der Waals surface area contributed by atoms with E-state index in [1.807, 2.05) is 54.8 Å². The number of amides is 1. The minimum absolute atomic E-state index is 0.0227. The van der Waals surface area contributed by atoms with E-state index in [-0.39, 0.29) is 5.91 Å². The molecule has 0 aliphatic rings. The van der Waals surface area contributed by atoms with Crippen molar-refractivity contribution in [1.82, 2.24) is 4.90 Å². The van der Waals surface area contributed by atoms with E-state index in [0.717, 1.165) is 16.1 Å². The number of thioether (sulfide) groups is 1. The van der Waals surface area contributed by atoms with Gasteiger partial charge in [0.25, 0.3) is 5.91 Å². The summed E-state index contributed by atoms with van der Waals surface area (Å²) < 4.78 is 0. The number of carbonyl (C=O) groups is 1. The molecule has 2 N–H and O–H groups in total. The highest BCUT2D eigenvalue weighted by Gasteiger charge is 2.11. The van der Waals surface area contributed by atoms with E-state index in [9.17, 15) is 4.79 Å². The molecule has 0 saturated heterocycles. The number of anilines is 1. The highest BCUT2D eigenvalue weighted by Crippen LogP contribution is 2.16. The molecular weight excluding hydrogens is 268 g/mol. The van der Waals surface area contributed by atoms with Crippen molar-refractivity contribution in [2.75, 3.05) is 19.0 Å². The predicted molar refractivity (Wildman–Crippen MR) is 84.9 cm³/mol. The Morgan fingerprint density at radius 1 is 1.10 bits per heavy atom. The molecule has 0 aliphatic carbocycles. The summed E-state index contributed by atoms with van der Waals surface area (Å²) in [6.45, 7) is 0.573. The first-order valence-electron chi connectivity index (χ1n) is 6.34. The zero-order valence-electron chi connectivity index (χ0n) is 11.7. The van der Waals surface area contributed by atoms with Crippen molar-refractivity contribution in [2.24, 2.45) is 0 Å².